The van der Waals surface area contributed by atoms with Crippen molar-refractivity contribution in [1.29, 1.82) is 0 Å². The summed E-state index contributed by atoms with van der Waals surface area (Å²) in [5.41, 5.74) is 0.766. The second-order valence-electron chi connectivity index (χ2n) is 19.7. The minimum absolute atomic E-state index is 0.0708. The Labute approximate surface area is 492 Å². The van der Waals surface area contributed by atoms with Gasteiger partial charge >= 0.3 is 17.9 Å². The molecule has 29 nitrogen and oxygen atoms in total. The summed E-state index contributed by atoms with van der Waals surface area (Å²) in [7, 11) is 0. The average Bonchev–Trinajstić information content (AvgIpc) is 4.45. The first kappa shape index (κ1) is 68.1. The van der Waals surface area contributed by atoms with Crippen LogP contribution >= 0.6 is 37.0 Å². The molecule has 0 unspecified atom stereocenters. The Morgan fingerprint density at radius 2 is 1.19 bits per heavy atom. The van der Waals surface area contributed by atoms with E-state index in [1.165, 1.54) is 41.0 Å². The van der Waals surface area contributed by atoms with Crippen molar-refractivity contribution >= 4 is 114 Å². The molecular weight excluding hydrogens is 1150 g/mol. The Bertz CT molecular complexity index is 2640. The number of amides is 10. The summed E-state index contributed by atoms with van der Waals surface area (Å²) < 4.78 is 0. The number of hydrogen-bond donors (Lipinski definition) is 15. The Hall–Kier alpha value is -7.45. The minimum Gasteiger partial charge on any atom is -0.481 e. The molecule has 1 aromatic carbocycles. The zero-order chi connectivity index (χ0) is 61.5. The number of hydrogen-bond acceptors (Lipinski definition) is 18. The summed E-state index contributed by atoms with van der Waals surface area (Å²) >= 11 is 9.90. The first-order valence-corrected chi connectivity index (χ1v) is 29.1. The van der Waals surface area contributed by atoms with E-state index in [9.17, 15) is 82.8 Å². The highest BCUT2D eigenvalue weighted by molar-refractivity contribution is 7.98. The summed E-state index contributed by atoms with van der Waals surface area (Å²) in [6.45, 7) is 2.61. The second kappa shape index (κ2) is 33.6. The van der Waals surface area contributed by atoms with Gasteiger partial charge in [0.15, 0.2) is 0 Å². The highest BCUT2D eigenvalue weighted by Crippen LogP contribution is 2.26. The number of aliphatic hydroxyl groups is 1. The van der Waals surface area contributed by atoms with Gasteiger partial charge in [0.05, 0.1) is 18.9 Å². The van der Waals surface area contributed by atoms with E-state index in [1.54, 1.807) is 30.3 Å². The maximum absolute atomic E-state index is 14.3. The van der Waals surface area contributed by atoms with Gasteiger partial charge in [-0.3, -0.25) is 57.5 Å². The molecule has 0 bridgehead atoms. The SMILES string of the molecule is CSCC[C@H](NC(C)=O)C(=O)N[C@@H](CS)C(=O)N1CCC[C@H]1C(=O)N1CCC[C@H]1C(=O)N[C@H](C(=O)N[C@@H](CCC(=O)O)C(=O)N[C@@H](Cc1ccccc1)C(=O)N[C@@H](CS)C(=O)N[C@@H](CC(=O)O)C(=O)N[C@@H](Cc1cnc[nH]1)C(=O)O)[C@@H](C)O. The molecule has 3 heterocycles. The Morgan fingerprint density at radius 1 is 0.651 bits per heavy atom. The summed E-state index contributed by atoms with van der Waals surface area (Å²) in [5, 5.41) is 59.1. The van der Waals surface area contributed by atoms with Crippen molar-refractivity contribution in [3.8, 4) is 0 Å². The number of nitrogens with zero attached hydrogens (tertiary/aromatic N) is 3. The molecule has 2 aliphatic heterocycles. The molecule has 4 rings (SSSR count). The zero-order valence-electron chi connectivity index (χ0n) is 45.7. The topological polar surface area (TPSA) is 434 Å². The summed E-state index contributed by atoms with van der Waals surface area (Å²) in [4.78, 5) is 181. The second-order valence-corrected chi connectivity index (χ2v) is 21.4. The zero-order valence-corrected chi connectivity index (χ0v) is 48.3. The van der Waals surface area contributed by atoms with Gasteiger partial charge in [0, 0.05) is 62.7 Å². The molecule has 0 saturated carbocycles. The maximum atomic E-state index is 14.3. The fourth-order valence-corrected chi connectivity index (χ4v) is 10.2. The lowest BCUT2D eigenvalue weighted by Gasteiger charge is -2.33. The first-order valence-electron chi connectivity index (χ1n) is 26.5. The molecule has 11 atom stereocenters. The van der Waals surface area contributed by atoms with Crippen LogP contribution in [0.4, 0.5) is 0 Å². The molecule has 83 heavy (non-hydrogen) atoms. The van der Waals surface area contributed by atoms with Gasteiger partial charge in [-0.05, 0) is 63.0 Å². The molecule has 1 aromatic heterocycles. The number of aromatic nitrogens is 2. The van der Waals surface area contributed by atoms with Gasteiger partial charge in [0.2, 0.25) is 59.1 Å². The number of carbonyl (C=O) groups is 13. The van der Waals surface area contributed by atoms with Crippen LogP contribution in [0.5, 0.6) is 0 Å². The molecule has 2 saturated heterocycles. The van der Waals surface area contributed by atoms with E-state index in [1.807, 2.05) is 6.26 Å². The molecule has 0 aliphatic carbocycles. The molecule has 2 aromatic rings. The molecule has 10 amide bonds. The number of imidazole rings is 1. The predicted octanol–water partition coefficient (Wildman–Crippen LogP) is -3.51. The standard InChI is InChI=1S/C51H72N12O17S3/c1-26(64)41(61-47(75)37-11-7-16-62(37)50(78)38-12-8-17-63(38)49(77)36(24-82)60-43(71)31(15-18-83-3)54-27(2)65)48(76)55-30(13-14-39(66)67)42(70)56-32(19-28-9-5-4-6-10-28)44(72)59-35(23-81)46(74)57-33(21-40(68)69)45(73)58-34(51(79)80)20-29-22-52-25-53-29/h4-6,9-10,22,25-26,30-38,41,64,81-82H,7-8,11-21,23-24H2,1-3H3,(H,52,53)(H,54,65)(H,55,76)(H,56,70)(H,57,74)(H,58,73)(H,59,72)(H,60,71)(H,61,75)(H,66,67)(H,68,69)(H,79,80)/t26-,30+,31+,32+,33+,34+,35+,36+,37+,38+,41+/m1/s1. The number of carboxylic acids is 3. The highest BCUT2D eigenvalue weighted by Gasteiger charge is 2.45. The molecule has 32 heteroatoms. The molecule has 2 fully saturated rings. The Morgan fingerprint density at radius 3 is 1.76 bits per heavy atom. The van der Waals surface area contributed by atoms with Crippen LogP contribution in [0.3, 0.4) is 0 Å². The van der Waals surface area contributed by atoms with Crippen LogP contribution in [0.15, 0.2) is 42.9 Å². The van der Waals surface area contributed by atoms with Gasteiger partial charge in [0.1, 0.15) is 60.4 Å². The van der Waals surface area contributed by atoms with E-state index in [0.717, 1.165) is 6.92 Å². The molecule has 0 radical (unpaired) electrons. The number of benzene rings is 1. The van der Waals surface area contributed by atoms with E-state index < -0.39 is 169 Å². The monoisotopic (exact) mass is 1220 g/mol. The van der Waals surface area contributed by atoms with Crippen molar-refractivity contribution in [2.75, 3.05) is 36.6 Å². The smallest absolute Gasteiger partial charge is 0.326 e. The third-order valence-corrected chi connectivity index (χ3v) is 14.8. The lowest BCUT2D eigenvalue weighted by molar-refractivity contribution is -0.148. The normalized spacial score (nSPS) is 18.0. The van der Waals surface area contributed by atoms with Crippen LogP contribution in [0.1, 0.15) is 76.5 Å². The Kier molecular flexibility index (Phi) is 27.6. The van der Waals surface area contributed by atoms with E-state index in [2.05, 4.69) is 77.8 Å². The molecule has 456 valence electrons. The number of rotatable bonds is 33. The number of aliphatic hydroxyl groups excluding tert-OH is 1. The van der Waals surface area contributed by atoms with Crippen molar-refractivity contribution in [3.63, 3.8) is 0 Å². The van der Waals surface area contributed by atoms with Crippen LogP contribution in [-0.4, -0.2) is 220 Å². The lowest BCUT2D eigenvalue weighted by atomic mass is 10.0. The molecule has 0 spiro atoms. The van der Waals surface area contributed by atoms with Crippen LogP contribution in [0.2, 0.25) is 0 Å². The van der Waals surface area contributed by atoms with E-state index in [-0.39, 0.29) is 50.9 Å². The molecule has 13 N–H and O–H groups in total. The number of carbonyl (C=O) groups excluding carboxylic acids is 10. The van der Waals surface area contributed by atoms with Crippen molar-refractivity contribution in [2.45, 2.75) is 145 Å². The molecule has 2 aliphatic rings. The number of aliphatic carboxylic acids is 3. The minimum atomic E-state index is -1.87. The number of likely N-dealkylation sites (tertiary alicyclic amines) is 2. The van der Waals surface area contributed by atoms with Crippen LogP contribution in [-0.2, 0) is 75.2 Å². The van der Waals surface area contributed by atoms with Gasteiger partial charge in [-0.2, -0.15) is 37.0 Å². The van der Waals surface area contributed by atoms with Crippen molar-refractivity contribution in [3.05, 3.63) is 54.1 Å². The lowest BCUT2D eigenvalue weighted by Crippen LogP contribution is -2.62. The fourth-order valence-electron chi connectivity index (χ4n) is 9.18. The van der Waals surface area contributed by atoms with Gasteiger partial charge in [0.25, 0.3) is 0 Å². The van der Waals surface area contributed by atoms with Gasteiger partial charge in [-0.1, -0.05) is 30.3 Å². The number of H-pyrrole nitrogens is 1. The van der Waals surface area contributed by atoms with Gasteiger partial charge < -0.3 is 77.7 Å². The van der Waals surface area contributed by atoms with E-state index >= 15 is 0 Å². The van der Waals surface area contributed by atoms with Gasteiger partial charge in [-0.15, -0.1) is 0 Å². The maximum Gasteiger partial charge on any atom is 0.326 e. The number of carboxylic acid groups (broad SMARTS) is 3. The van der Waals surface area contributed by atoms with Crippen LogP contribution in [0.25, 0.3) is 0 Å². The third-order valence-electron chi connectivity index (χ3n) is 13.4. The van der Waals surface area contributed by atoms with Crippen molar-refractivity contribution in [2.24, 2.45) is 0 Å². The van der Waals surface area contributed by atoms with Crippen LogP contribution < -0.4 is 42.5 Å². The van der Waals surface area contributed by atoms with Crippen molar-refractivity contribution < 1.29 is 82.8 Å². The molecular formula is C51H72N12O17S3. The number of nitrogens with one attached hydrogen (secondary N) is 9. The summed E-state index contributed by atoms with van der Waals surface area (Å²) in [6, 6.07) is -6.60. The number of aromatic amines is 1. The fraction of sp³-hybridized carbons (Fsp3) is 0.569. The highest BCUT2D eigenvalue weighted by atomic mass is 32.2. The van der Waals surface area contributed by atoms with Crippen LogP contribution in [0, 0.1) is 0 Å². The van der Waals surface area contributed by atoms with Crippen molar-refractivity contribution in [1.82, 2.24) is 62.3 Å². The number of thiol groups is 2. The van der Waals surface area contributed by atoms with E-state index in [4.69, 9.17) is 0 Å². The average molecular weight is 1220 g/mol. The van der Waals surface area contributed by atoms with Gasteiger partial charge in [-0.25, -0.2) is 9.78 Å². The first-order chi connectivity index (χ1) is 39.4. The summed E-state index contributed by atoms with van der Waals surface area (Å²) in [5.74, 6) is -13.4. The largest absolute Gasteiger partial charge is 0.481 e. The number of thioether (sulfide) groups is 1. The quantitative estimate of drug-likeness (QED) is 0.0308. The van der Waals surface area contributed by atoms with E-state index in [0.29, 0.717) is 29.9 Å². The summed E-state index contributed by atoms with van der Waals surface area (Å²) in [6.07, 6.45) is 1.15. The Balaban J connectivity index is 1.50. The third kappa shape index (κ3) is 21.0. The predicted molar refractivity (Wildman–Crippen MR) is 302 cm³/mol.